The number of carbonyl (C=O) groups is 1. The molecule has 10 heteroatoms. The highest BCUT2D eigenvalue weighted by Crippen LogP contribution is 2.24. The lowest BCUT2D eigenvalue weighted by atomic mass is 10.0. The van der Waals surface area contributed by atoms with Gasteiger partial charge in [0.05, 0.1) is 18.1 Å². The second-order valence-electron chi connectivity index (χ2n) is 5.55. The number of hydrazone groups is 1. The van der Waals surface area contributed by atoms with Crippen LogP contribution in [0.15, 0.2) is 44.0 Å². The Kier molecular flexibility index (Phi) is 5.21. The Morgan fingerprint density at radius 1 is 1.35 bits per heavy atom. The van der Waals surface area contributed by atoms with Gasteiger partial charge in [-0.05, 0) is 12.1 Å². The molecule has 1 aliphatic heterocycles. The summed E-state index contributed by atoms with van der Waals surface area (Å²) in [6.45, 7) is 0.498. The third kappa shape index (κ3) is 3.69. The van der Waals surface area contributed by atoms with Gasteiger partial charge in [0, 0.05) is 26.1 Å². The van der Waals surface area contributed by atoms with E-state index in [-0.39, 0.29) is 16.7 Å². The SMILES string of the molecule is Cn1nc(SCC(=O)N/N=C2/CCOc3ccccc32)c(=O)n(C)c1=O. The molecule has 2 aromatic rings. The van der Waals surface area contributed by atoms with Gasteiger partial charge in [0.2, 0.25) is 5.91 Å². The van der Waals surface area contributed by atoms with Crippen LogP contribution in [0.2, 0.25) is 0 Å². The Morgan fingerprint density at radius 3 is 2.92 bits per heavy atom. The highest BCUT2D eigenvalue weighted by atomic mass is 32.2. The molecule has 1 amide bonds. The van der Waals surface area contributed by atoms with Crippen molar-refractivity contribution in [2.45, 2.75) is 11.4 Å². The summed E-state index contributed by atoms with van der Waals surface area (Å²) in [5.74, 6) is 0.318. The number of benzene rings is 1. The molecule has 0 unspecified atom stereocenters. The van der Waals surface area contributed by atoms with Gasteiger partial charge < -0.3 is 4.74 Å². The first-order chi connectivity index (χ1) is 12.5. The molecule has 26 heavy (non-hydrogen) atoms. The van der Waals surface area contributed by atoms with Crippen LogP contribution in [0.5, 0.6) is 5.75 Å². The minimum absolute atomic E-state index is 0.0463. The Bertz CT molecular complexity index is 995. The number of fused-ring (bicyclic) bond motifs is 1. The van der Waals surface area contributed by atoms with Gasteiger partial charge in [-0.15, -0.1) is 0 Å². The third-order valence-electron chi connectivity index (χ3n) is 3.74. The number of aromatic nitrogens is 3. The van der Waals surface area contributed by atoms with Crippen LogP contribution in [0.3, 0.4) is 0 Å². The summed E-state index contributed by atoms with van der Waals surface area (Å²) in [4.78, 5) is 35.6. The molecule has 1 aromatic carbocycles. The van der Waals surface area contributed by atoms with Crippen molar-refractivity contribution < 1.29 is 9.53 Å². The fourth-order valence-electron chi connectivity index (χ4n) is 2.40. The first kappa shape index (κ1) is 17.9. The van der Waals surface area contributed by atoms with E-state index in [1.165, 1.54) is 14.1 Å². The lowest BCUT2D eigenvalue weighted by Crippen LogP contribution is -2.39. The maximum Gasteiger partial charge on any atom is 0.346 e. The molecule has 0 bridgehead atoms. The van der Waals surface area contributed by atoms with Crippen molar-refractivity contribution in [2.24, 2.45) is 19.2 Å². The van der Waals surface area contributed by atoms with Crippen LogP contribution >= 0.6 is 11.8 Å². The Labute approximate surface area is 152 Å². The summed E-state index contributed by atoms with van der Waals surface area (Å²) in [6.07, 6.45) is 0.591. The minimum atomic E-state index is -0.532. The van der Waals surface area contributed by atoms with Crippen molar-refractivity contribution >= 4 is 23.4 Å². The standard InChI is InChI=1S/C16H17N5O4S/c1-20-15(23)14(19-21(2)16(20)24)26-9-13(22)18-17-11-7-8-25-12-6-4-3-5-10(11)12/h3-6H,7-9H2,1-2H3,(H,18,22)/b17-11-. The molecular formula is C16H17N5O4S. The molecule has 0 aliphatic carbocycles. The van der Waals surface area contributed by atoms with Crippen LogP contribution in [0.1, 0.15) is 12.0 Å². The van der Waals surface area contributed by atoms with E-state index in [4.69, 9.17) is 4.74 Å². The molecular weight excluding hydrogens is 358 g/mol. The number of nitrogens with zero attached hydrogens (tertiary/aromatic N) is 4. The van der Waals surface area contributed by atoms with Gasteiger partial charge in [0.1, 0.15) is 5.75 Å². The molecule has 3 rings (SSSR count). The van der Waals surface area contributed by atoms with E-state index in [0.29, 0.717) is 13.0 Å². The molecule has 0 atom stereocenters. The van der Waals surface area contributed by atoms with Crippen LogP contribution in [0, 0.1) is 0 Å². The van der Waals surface area contributed by atoms with Gasteiger partial charge >= 0.3 is 5.69 Å². The molecule has 2 heterocycles. The first-order valence-corrected chi connectivity index (χ1v) is 8.80. The number of carbonyl (C=O) groups excluding carboxylic acids is 1. The molecule has 0 saturated heterocycles. The maximum atomic E-state index is 12.0. The second-order valence-corrected chi connectivity index (χ2v) is 6.52. The molecule has 0 radical (unpaired) electrons. The fraction of sp³-hybridized carbons (Fsp3) is 0.312. The summed E-state index contributed by atoms with van der Waals surface area (Å²) in [7, 11) is 2.81. The zero-order valence-corrected chi connectivity index (χ0v) is 15.1. The van der Waals surface area contributed by atoms with Gasteiger partial charge in [0.15, 0.2) is 5.03 Å². The average molecular weight is 375 g/mol. The largest absolute Gasteiger partial charge is 0.492 e. The van der Waals surface area contributed by atoms with Gasteiger partial charge in [0.25, 0.3) is 5.56 Å². The van der Waals surface area contributed by atoms with Gasteiger partial charge in [-0.25, -0.2) is 14.9 Å². The predicted molar refractivity (Wildman–Crippen MR) is 96.7 cm³/mol. The number of thioether (sulfide) groups is 1. The number of amides is 1. The molecule has 9 nitrogen and oxygen atoms in total. The van der Waals surface area contributed by atoms with E-state index in [9.17, 15) is 14.4 Å². The number of aryl methyl sites for hydroxylation is 1. The van der Waals surface area contributed by atoms with E-state index in [1.54, 1.807) is 0 Å². The van der Waals surface area contributed by atoms with Crippen LogP contribution in [0.4, 0.5) is 0 Å². The summed E-state index contributed by atoms with van der Waals surface area (Å²) in [6, 6.07) is 7.48. The fourth-order valence-corrected chi connectivity index (χ4v) is 3.17. The predicted octanol–water partition coefficient (Wildman–Crippen LogP) is -0.126. The summed E-state index contributed by atoms with van der Waals surface area (Å²) in [5, 5.41) is 8.14. The zero-order chi connectivity index (χ0) is 18.7. The monoisotopic (exact) mass is 375 g/mol. The zero-order valence-electron chi connectivity index (χ0n) is 14.3. The van der Waals surface area contributed by atoms with Crippen LogP contribution in [-0.4, -0.2) is 38.3 Å². The van der Waals surface area contributed by atoms with E-state index in [2.05, 4.69) is 15.6 Å². The van der Waals surface area contributed by atoms with E-state index in [0.717, 1.165) is 38.0 Å². The smallest absolute Gasteiger partial charge is 0.346 e. The van der Waals surface area contributed by atoms with Crippen molar-refractivity contribution in [3.05, 3.63) is 50.7 Å². The van der Waals surface area contributed by atoms with E-state index in [1.807, 2.05) is 24.3 Å². The number of rotatable bonds is 4. The highest BCUT2D eigenvalue weighted by Gasteiger charge is 2.17. The normalized spacial score (nSPS) is 14.6. The first-order valence-electron chi connectivity index (χ1n) is 7.82. The third-order valence-corrected chi connectivity index (χ3v) is 4.68. The van der Waals surface area contributed by atoms with E-state index < -0.39 is 11.2 Å². The molecule has 0 fully saturated rings. The van der Waals surface area contributed by atoms with Gasteiger partial charge in [-0.1, -0.05) is 23.9 Å². The number of nitrogens with one attached hydrogen (secondary N) is 1. The molecule has 1 aromatic heterocycles. The number of hydrogen-bond acceptors (Lipinski definition) is 7. The molecule has 0 saturated carbocycles. The lowest BCUT2D eigenvalue weighted by molar-refractivity contribution is -0.118. The molecule has 1 N–H and O–H groups in total. The summed E-state index contributed by atoms with van der Waals surface area (Å²) in [5.41, 5.74) is 3.02. The van der Waals surface area contributed by atoms with Crippen molar-refractivity contribution in [3.63, 3.8) is 0 Å². The number of ether oxygens (including phenoxy) is 1. The van der Waals surface area contributed by atoms with Gasteiger partial charge in [-0.2, -0.15) is 10.2 Å². The molecule has 0 spiro atoms. The Balaban J connectivity index is 1.66. The van der Waals surface area contributed by atoms with Crippen LogP contribution in [-0.2, 0) is 18.9 Å². The second kappa shape index (κ2) is 7.56. The van der Waals surface area contributed by atoms with Crippen molar-refractivity contribution in [3.8, 4) is 5.75 Å². The number of para-hydroxylation sites is 1. The topological polar surface area (TPSA) is 108 Å². The average Bonchev–Trinajstić information content (AvgIpc) is 2.66. The minimum Gasteiger partial charge on any atom is -0.492 e. The Morgan fingerprint density at radius 2 is 2.12 bits per heavy atom. The number of hydrogen-bond donors (Lipinski definition) is 1. The molecule has 1 aliphatic rings. The highest BCUT2D eigenvalue weighted by molar-refractivity contribution is 7.99. The van der Waals surface area contributed by atoms with E-state index >= 15 is 0 Å². The Hall–Kier alpha value is -2.88. The van der Waals surface area contributed by atoms with Gasteiger partial charge in [-0.3, -0.25) is 14.2 Å². The maximum absolute atomic E-state index is 12.0. The summed E-state index contributed by atoms with van der Waals surface area (Å²) >= 11 is 0.954. The van der Waals surface area contributed by atoms with Crippen molar-refractivity contribution in [1.82, 2.24) is 19.8 Å². The summed E-state index contributed by atoms with van der Waals surface area (Å²) < 4.78 is 7.55. The van der Waals surface area contributed by atoms with Crippen LogP contribution < -0.4 is 21.4 Å². The lowest BCUT2D eigenvalue weighted by Gasteiger charge is -2.18. The van der Waals surface area contributed by atoms with Crippen molar-refractivity contribution in [2.75, 3.05) is 12.4 Å². The molecule has 136 valence electrons. The van der Waals surface area contributed by atoms with Crippen LogP contribution in [0.25, 0.3) is 0 Å². The van der Waals surface area contributed by atoms with Crippen molar-refractivity contribution in [1.29, 1.82) is 0 Å². The quantitative estimate of drug-likeness (QED) is 0.589.